The van der Waals surface area contributed by atoms with Crippen molar-refractivity contribution >= 4 is 11.8 Å². The summed E-state index contributed by atoms with van der Waals surface area (Å²) < 4.78 is 4.79. The molecular weight excluding hydrogens is 296 g/mol. The Morgan fingerprint density at radius 2 is 2.26 bits per heavy atom. The van der Waals surface area contributed by atoms with Gasteiger partial charge in [0.1, 0.15) is 12.9 Å². The molecular formula is C16H24N4O3. The van der Waals surface area contributed by atoms with Crippen LogP contribution in [0.1, 0.15) is 41.7 Å². The van der Waals surface area contributed by atoms with Crippen LogP contribution in [0.15, 0.2) is 12.5 Å². The van der Waals surface area contributed by atoms with Crippen molar-refractivity contribution in [1.29, 1.82) is 0 Å². The summed E-state index contributed by atoms with van der Waals surface area (Å²) in [5, 5.41) is 2.81. The van der Waals surface area contributed by atoms with Crippen LogP contribution in [0.5, 0.6) is 0 Å². The van der Waals surface area contributed by atoms with E-state index in [-0.39, 0.29) is 24.5 Å². The molecule has 2 heterocycles. The number of likely N-dealkylation sites (tertiary alicyclic amines) is 1. The Labute approximate surface area is 136 Å². The van der Waals surface area contributed by atoms with E-state index in [2.05, 4.69) is 15.3 Å². The molecule has 126 valence electrons. The predicted molar refractivity (Wildman–Crippen MR) is 84.9 cm³/mol. The summed E-state index contributed by atoms with van der Waals surface area (Å²) in [6.45, 7) is 3.16. The van der Waals surface area contributed by atoms with Crippen molar-refractivity contribution in [2.45, 2.75) is 38.6 Å². The number of carbonyl (C=O) groups is 2. The number of aryl methyl sites for hydroxylation is 1. The molecule has 2 rings (SSSR count). The summed E-state index contributed by atoms with van der Waals surface area (Å²) in [5.74, 6) is -0.149. The molecule has 1 aromatic heterocycles. The van der Waals surface area contributed by atoms with E-state index in [1.807, 2.05) is 11.8 Å². The first kappa shape index (κ1) is 17.3. The van der Waals surface area contributed by atoms with Crippen LogP contribution in [0, 0.1) is 6.92 Å². The zero-order valence-electron chi connectivity index (χ0n) is 13.7. The lowest BCUT2D eigenvalue weighted by atomic mass is 9.98. The Morgan fingerprint density at radius 3 is 3.00 bits per heavy atom. The predicted octanol–water partition coefficient (Wildman–Crippen LogP) is 0.932. The standard InChI is InChI=1S/C16H24N4O3/c1-12-14(9-17-11-19-12)16(22)20-8-4-3-5-13(20)6-7-18-15(21)10-23-2/h9,11,13H,3-8,10H2,1-2H3,(H,18,21)/t13-/m1/s1. The second-order valence-electron chi connectivity index (χ2n) is 5.74. The van der Waals surface area contributed by atoms with Crippen molar-refractivity contribution in [1.82, 2.24) is 20.2 Å². The Balaban J connectivity index is 1.97. The van der Waals surface area contributed by atoms with Gasteiger partial charge in [0, 0.05) is 32.4 Å². The van der Waals surface area contributed by atoms with E-state index in [4.69, 9.17) is 4.74 Å². The number of hydrogen-bond donors (Lipinski definition) is 1. The zero-order chi connectivity index (χ0) is 16.7. The highest BCUT2D eigenvalue weighted by Gasteiger charge is 2.28. The molecule has 0 aromatic carbocycles. The quantitative estimate of drug-likeness (QED) is 0.843. The van der Waals surface area contributed by atoms with Gasteiger partial charge in [-0.1, -0.05) is 0 Å². The van der Waals surface area contributed by atoms with Crippen molar-refractivity contribution < 1.29 is 14.3 Å². The fourth-order valence-corrected chi connectivity index (χ4v) is 2.88. The van der Waals surface area contributed by atoms with Crippen LogP contribution in [0.4, 0.5) is 0 Å². The lowest BCUT2D eigenvalue weighted by Gasteiger charge is -2.36. The highest BCUT2D eigenvalue weighted by atomic mass is 16.5. The molecule has 7 nitrogen and oxygen atoms in total. The topological polar surface area (TPSA) is 84.4 Å². The Kier molecular flexibility index (Phi) is 6.46. The van der Waals surface area contributed by atoms with Gasteiger partial charge in [-0.3, -0.25) is 9.59 Å². The minimum atomic E-state index is -0.131. The monoisotopic (exact) mass is 320 g/mol. The highest BCUT2D eigenvalue weighted by Crippen LogP contribution is 2.22. The smallest absolute Gasteiger partial charge is 0.257 e. The van der Waals surface area contributed by atoms with E-state index >= 15 is 0 Å². The van der Waals surface area contributed by atoms with Crippen molar-refractivity contribution in [3.8, 4) is 0 Å². The minimum absolute atomic E-state index is 0.0176. The van der Waals surface area contributed by atoms with Crippen LogP contribution in [-0.2, 0) is 9.53 Å². The van der Waals surface area contributed by atoms with Crippen molar-refractivity contribution in [3.63, 3.8) is 0 Å². The number of nitrogens with one attached hydrogen (secondary N) is 1. The number of carbonyl (C=O) groups excluding carboxylic acids is 2. The Bertz CT molecular complexity index is 550. The van der Waals surface area contributed by atoms with Gasteiger partial charge in [0.05, 0.1) is 11.3 Å². The highest BCUT2D eigenvalue weighted by molar-refractivity contribution is 5.95. The lowest BCUT2D eigenvalue weighted by Crippen LogP contribution is -2.45. The first-order valence-electron chi connectivity index (χ1n) is 7.96. The summed E-state index contributed by atoms with van der Waals surface area (Å²) in [6.07, 6.45) is 6.84. The molecule has 0 unspecified atom stereocenters. The molecule has 0 saturated carbocycles. The van der Waals surface area contributed by atoms with Crippen molar-refractivity contribution in [2.75, 3.05) is 26.8 Å². The van der Waals surface area contributed by atoms with Crippen molar-refractivity contribution in [3.05, 3.63) is 23.8 Å². The largest absolute Gasteiger partial charge is 0.375 e. The molecule has 7 heteroatoms. The molecule has 1 saturated heterocycles. The van der Waals surface area contributed by atoms with Crippen molar-refractivity contribution in [2.24, 2.45) is 0 Å². The van der Waals surface area contributed by atoms with E-state index in [1.54, 1.807) is 6.20 Å². The average Bonchev–Trinajstić information content (AvgIpc) is 2.55. The molecule has 1 aliphatic rings. The van der Waals surface area contributed by atoms with Gasteiger partial charge in [0.25, 0.3) is 5.91 Å². The summed E-state index contributed by atoms with van der Waals surface area (Å²) >= 11 is 0. The van der Waals surface area contributed by atoms with Gasteiger partial charge in [0.15, 0.2) is 0 Å². The Morgan fingerprint density at radius 1 is 1.43 bits per heavy atom. The maximum absolute atomic E-state index is 12.8. The van der Waals surface area contributed by atoms with Crippen LogP contribution in [0.25, 0.3) is 0 Å². The third-order valence-corrected chi connectivity index (χ3v) is 4.11. The fraction of sp³-hybridized carbons (Fsp3) is 0.625. The van der Waals surface area contributed by atoms with E-state index in [0.29, 0.717) is 17.8 Å². The molecule has 0 spiro atoms. The minimum Gasteiger partial charge on any atom is -0.375 e. The summed E-state index contributed by atoms with van der Waals surface area (Å²) in [4.78, 5) is 34.2. The van der Waals surface area contributed by atoms with Gasteiger partial charge in [0.2, 0.25) is 5.91 Å². The molecule has 2 amide bonds. The number of hydrogen-bond acceptors (Lipinski definition) is 5. The van der Waals surface area contributed by atoms with Crippen LogP contribution in [-0.4, -0.2) is 59.5 Å². The number of ether oxygens (including phenoxy) is 1. The molecule has 1 aromatic rings. The van der Waals surface area contributed by atoms with Gasteiger partial charge in [-0.15, -0.1) is 0 Å². The maximum Gasteiger partial charge on any atom is 0.257 e. The van der Waals surface area contributed by atoms with Crippen LogP contribution >= 0.6 is 0 Å². The molecule has 1 aliphatic heterocycles. The molecule has 0 radical (unpaired) electrons. The van der Waals surface area contributed by atoms with Gasteiger partial charge in [-0.25, -0.2) is 9.97 Å². The van der Waals surface area contributed by atoms with E-state index < -0.39 is 0 Å². The normalized spacial score (nSPS) is 17.8. The van der Waals surface area contributed by atoms with Gasteiger partial charge in [-0.05, 0) is 32.6 Å². The maximum atomic E-state index is 12.8. The molecule has 1 N–H and O–H groups in total. The van der Waals surface area contributed by atoms with Gasteiger partial charge >= 0.3 is 0 Å². The molecule has 23 heavy (non-hydrogen) atoms. The van der Waals surface area contributed by atoms with Crippen LogP contribution < -0.4 is 5.32 Å². The third kappa shape index (κ3) is 4.72. The summed E-state index contributed by atoms with van der Waals surface area (Å²) in [5.41, 5.74) is 1.26. The van der Waals surface area contributed by atoms with E-state index in [0.717, 1.165) is 32.2 Å². The van der Waals surface area contributed by atoms with E-state index in [1.165, 1.54) is 13.4 Å². The first-order chi connectivity index (χ1) is 11.1. The summed E-state index contributed by atoms with van der Waals surface area (Å²) in [6, 6.07) is 0.138. The molecule has 0 bridgehead atoms. The zero-order valence-corrected chi connectivity index (χ0v) is 13.7. The number of piperidine rings is 1. The molecule has 1 atom stereocenters. The van der Waals surface area contributed by atoms with Crippen LogP contribution in [0.2, 0.25) is 0 Å². The van der Waals surface area contributed by atoms with Crippen LogP contribution in [0.3, 0.4) is 0 Å². The lowest BCUT2D eigenvalue weighted by molar-refractivity contribution is -0.124. The fourth-order valence-electron chi connectivity index (χ4n) is 2.88. The van der Waals surface area contributed by atoms with E-state index in [9.17, 15) is 9.59 Å². The number of amides is 2. The first-order valence-corrected chi connectivity index (χ1v) is 7.96. The summed E-state index contributed by atoms with van der Waals surface area (Å²) in [7, 11) is 1.49. The second kappa shape index (κ2) is 8.57. The second-order valence-corrected chi connectivity index (χ2v) is 5.74. The number of rotatable bonds is 6. The third-order valence-electron chi connectivity index (χ3n) is 4.11. The Hall–Kier alpha value is -2.02. The molecule has 1 fully saturated rings. The number of nitrogens with zero attached hydrogens (tertiary/aromatic N) is 3. The SMILES string of the molecule is COCC(=O)NCC[C@H]1CCCCN1C(=O)c1cncnc1C. The van der Waals surface area contributed by atoms with Gasteiger partial charge in [-0.2, -0.15) is 0 Å². The number of aromatic nitrogens is 2. The van der Waals surface area contributed by atoms with Gasteiger partial charge < -0.3 is 15.0 Å². The molecule has 0 aliphatic carbocycles. The number of methoxy groups -OCH3 is 1. The average molecular weight is 320 g/mol.